The molecule has 10 heteroatoms. The Kier molecular flexibility index (Phi) is 5.88. The molecule has 0 spiro atoms. The lowest BCUT2D eigenvalue weighted by molar-refractivity contribution is -0.137. The van der Waals surface area contributed by atoms with Gasteiger partial charge in [0.05, 0.1) is 0 Å². The minimum atomic E-state index is -4.59. The van der Waals surface area contributed by atoms with Crippen molar-refractivity contribution in [2.24, 2.45) is 0 Å². The van der Waals surface area contributed by atoms with Gasteiger partial charge in [0.15, 0.2) is 0 Å². The van der Waals surface area contributed by atoms with Gasteiger partial charge >= 0.3 is 6.18 Å². The zero-order chi connectivity index (χ0) is 21.1. The maximum Gasteiger partial charge on any atom is 0.421 e. The molecule has 0 bridgehead atoms. The molecule has 0 aliphatic carbocycles. The van der Waals surface area contributed by atoms with E-state index in [4.69, 9.17) is 0 Å². The molecule has 1 aromatic carbocycles. The first-order valence-corrected chi connectivity index (χ1v) is 11.2. The van der Waals surface area contributed by atoms with E-state index in [0.29, 0.717) is 11.0 Å². The number of alkyl halides is 3. The van der Waals surface area contributed by atoms with E-state index < -0.39 is 18.9 Å². The fourth-order valence-electron chi connectivity index (χ4n) is 2.50. The van der Waals surface area contributed by atoms with Crippen LogP contribution < -0.4 is 15.9 Å². The van der Waals surface area contributed by atoms with E-state index in [9.17, 15) is 17.7 Å². The first-order valence-electron chi connectivity index (χ1n) is 8.62. The van der Waals surface area contributed by atoms with Gasteiger partial charge in [-0.2, -0.15) is 18.2 Å². The van der Waals surface area contributed by atoms with Crippen LogP contribution in [0.15, 0.2) is 55.0 Å². The lowest BCUT2D eigenvalue weighted by Crippen LogP contribution is -2.14. The molecule has 0 aliphatic heterocycles. The van der Waals surface area contributed by atoms with Gasteiger partial charge in [-0.05, 0) is 55.3 Å². The lowest BCUT2D eigenvalue weighted by Gasteiger charge is -2.15. The van der Waals surface area contributed by atoms with Gasteiger partial charge in [-0.1, -0.05) is 0 Å². The number of pyridine rings is 1. The van der Waals surface area contributed by atoms with Crippen LogP contribution in [0.5, 0.6) is 0 Å². The normalized spacial score (nSPS) is 11.9. The van der Waals surface area contributed by atoms with Gasteiger partial charge in [-0.3, -0.25) is 4.98 Å². The van der Waals surface area contributed by atoms with E-state index in [1.165, 1.54) is 0 Å². The molecule has 6 nitrogen and oxygen atoms in total. The molecule has 3 rings (SSSR count). The Balaban J connectivity index is 1.83. The van der Waals surface area contributed by atoms with Gasteiger partial charge in [0.2, 0.25) is 5.95 Å². The summed E-state index contributed by atoms with van der Waals surface area (Å²) < 4.78 is 52.0. The molecule has 29 heavy (non-hydrogen) atoms. The van der Waals surface area contributed by atoms with Crippen molar-refractivity contribution in [3.8, 4) is 0 Å². The van der Waals surface area contributed by atoms with Gasteiger partial charge in [-0.25, -0.2) is 4.98 Å². The molecule has 0 fully saturated rings. The SMILES string of the molecule is CP(C)(=O)c1ccc(Nc2ncc(C(F)(F)F)c(NCc3ccncc3)n2)cc1. The van der Waals surface area contributed by atoms with Crippen molar-refractivity contribution >= 4 is 29.9 Å². The van der Waals surface area contributed by atoms with Crippen LogP contribution in [-0.4, -0.2) is 28.3 Å². The van der Waals surface area contributed by atoms with E-state index in [2.05, 4.69) is 25.6 Å². The van der Waals surface area contributed by atoms with Crippen molar-refractivity contribution in [1.82, 2.24) is 15.0 Å². The summed E-state index contributed by atoms with van der Waals surface area (Å²) in [6.07, 6.45) is -0.734. The molecule has 0 saturated carbocycles. The van der Waals surface area contributed by atoms with Crippen molar-refractivity contribution in [2.75, 3.05) is 24.0 Å². The van der Waals surface area contributed by atoms with Crippen molar-refractivity contribution < 1.29 is 17.7 Å². The molecular formula is C19H19F3N5OP. The van der Waals surface area contributed by atoms with Crippen molar-refractivity contribution in [3.63, 3.8) is 0 Å². The third kappa shape index (κ3) is 5.54. The Hall–Kier alpha value is -2.93. The molecule has 3 aromatic rings. The van der Waals surface area contributed by atoms with E-state index in [1.807, 2.05) is 0 Å². The number of nitrogens with one attached hydrogen (secondary N) is 2. The van der Waals surface area contributed by atoms with Crippen LogP contribution in [0.3, 0.4) is 0 Å². The average Bonchev–Trinajstić information content (AvgIpc) is 2.66. The van der Waals surface area contributed by atoms with Crippen LogP contribution in [0.4, 0.5) is 30.6 Å². The molecule has 152 valence electrons. The van der Waals surface area contributed by atoms with Crippen LogP contribution in [0.1, 0.15) is 11.1 Å². The molecule has 0 atom stereocenters. The van der Waals surface area contributed by atoms with Crippen molar-refractivity contribution in [3.05, 3.63) is 66.1 Å². The van der Waals surface area contributed by atoms with E-state index in [0.717, 1.165) is 11.8 Å². The van der Waals surface area contributed by atoms with Crippen LogP contribution in [0.25, 0.3) is 0 Å². The molecule has 0 amide bonds. The predicted octanol–water partition coefficient (Wildman–Crippen LogP) is 4.49. The zero-order valence-corrected chi connectivity index (χ0v) is 16.6. The van der Waals surface area contributed by atoms with E-state index >= 15 is 0 Å². The van der Waals surface area contributed by atoms with Gasteiger partial charge in [0.1, 0.15) is 18.5 Å². The highest BCUT2D eigenvalue weighted by molar-refractivity contribution is 7.70. The number of anilines is 3. The Morgan fingerprint density at radius 1 is 1.03 bits per heavy atom. The number of hydrogen-bond donors (Lipinski definition) is 2. The minimum absolute atomic E-state index is 0.0131. The van der Waals surface area contributed by atoms with Crippen LogP contribution in [0, 0.1) is 0 Å². The first-order chi connectivity index (χ1) is 13.6. The number of halogens is 3. The second-order valence-corrected chi connectivity index (χ2v) is 9.90. The monoisotopic (exact) mass is 421 g/mol. The molecule has 0 unspecified atom stereocenters. The summed E-state index contributed by atoms with van der Waals surface area (Å²) >= 11 is 0. The third-order valence-corrected chi connectivity index (χ3v) is 5.59. The Morgan fingerprint density at radius 2 is 1.69 bits per heavy atom. The smallest absolute Gasteiger partial charge is 0.365 e. The quantitative estimate of drug-likeness (QED) is 0.571. The summed E-state index contributed by atoms with van der Waals surface area (Å²) in [6, 6.07) is 10.2. The standard InChI is InChI=1S/C19H19F3N5OP/c1-29(2,28)15-5-3-14(4-6-15)26-18-25-12-16(19(20,21)22)17(27-18)24-11-13-7-9-23-10-8-13/h3-10,12H,11H2,1-2H3,(H2,24,25,26,27). The molecule has 0 saturated heterocycles. The van der Waals surface area contributed by atoms with Crippen molar-refractivity contribution in [1.29, 1.82) is 0 Å². The zero-order valence-electron chi connectivity index (χ0n) is 15.7. The molecule has 2 N–H and O–H groups in total. The van der Waals surface area contributed by atoms with Crippen molar-refractivity contribution in [2.45, 2.75) is 12.7 Å². The lowest BCUT2D eigenvalue weighted by atomic mass is 10.2. The van der Waals surface area contributed by atoms with Crippen LogP contribution >= 0.6 is 7.14 Å². The highest BCUT2D eigenvalue weighted by atomic mass is 31.2. The largest absolute Gasteiger partial charge is 0.421 e. The summed E-state index contributed by atoms with van der Waals surface area (Å²) in [7, 11) is -2.39. The maximum atomic E-state index is 13.3. The number of benzene rings is 1. The molecule has 2 heterocycles. The second-order valence-electron chi connectivity index (χ2n) is 6.69. The second kappa shape index (κ2) is 8.21. The van der Waals surface area contributed by atoms with Gasteiger partial charge in [0, 0.05) is 36.1 Å². The Bertz CT molecular complexity index is 1020. The maximum absolute atomic E-state index is 13.3. The Morgan fingerprint density at radius 3 is 2.28 bits per heavy atom. The van der Waals surface area contributed by atoms with Gasteiger partial charge in [0.25, 0.3) is 0 Å². The fourth-order valence-corrected chi connectivity index (χ4v) is 3.37. The van der Waals surface area contributed by atoms with E-state index in [-0.39, 0.29) is 18.3 Å². The Labute approximate surface area is 166 Å². The first kappa shape index (κ1) is 20.8. The van der Waals surface area contributed by atoms with Crippen LogP contribution in [-0.2, 0) is 17.3 Å². The number of hydrogen-bond acceptors (Lipinski definition) is 6. The topological polar surface area (TPSA) is 79.8 Å². The average molecular weight is 421 g/mol. The number of aromatic nitrogens is 3. The minimum Gasteiger partial charge on any atom is -0.365 e. The molecule has 0 aliphatic rings. The highest BCUT2D eigenvalue weighted by Gasteiger charge is 2.35. The summed E-state index contributed by atoms with van der Waals surface area (Å²) in [5, 5.41) is 6.29. The van der Waals surface area contributed by atoms with Crippen LogP contribution in [0.2, 0.25) is 0 Å². The van der Waals surface area contributed by atoms with E-state index in [1.54, 1.807) is 62.1 Å². The predicted molar refractivity (Wildman–Crippen MR) is 107 cm³/mol. The summed E-state index contributed by atoms with van der Waals surface area (Å²) in [6.45, 7) is 3.48. The highest BCUT2D eigenvalue weighted by Crippen LogP contribution is 2.35. The number of rotatable bonds is 6. The number of nitrogens with zero attached hydrogens (tertiary/aromatic N) is 3. The third-order valence-electron chi connectivity index (χ3n) is 4.05. The molecule has 2 aromatic heterocycles. The summed E-state index contributed by atoms with van der Waals surface area (Å²) in [5.74, 6) is -0.311. The fraction of sp³-hybridized carbons (Fsp3) is 0.211. The van der Waals surface area contributed by atoms with Gasteiger partial charge in [-0.15, -0.1) is 0 Å². The molecule has 0 radical (unpaired) electrons. The molecular weight excluding hydrogens is 402 g/mol. The van der Waals surface area contributed by atoms with Gasteiger partial charge < -0.3 is 15.2 Å². The summed E-state index contributed by atoms with van der Waals surface area (Å²) in [5.41, 5.74) is 0.382. The summed E-state index contributed by atoms with van der Waals surface area (Å²) in [4.78, 5) is 11.7.